The van der Waals surface area contributed by atoms with Crippen LogP contribution in [0.2, 0.25) is 0 Å². The van der Waals surface area contributed by atoms with Crippen molar-refractivity contribution in [2.75, 3.05) is 0 Å². The average Bonchev–Trinajstić information content (AvgIpc) is 2.31. The Kier molecular flexibility index (Phi) is 4.32. The molecule has 1 aromatic rings. The average molecular weight is 314 g/mol. The lowest BCUT2D eigenvalue weighted by molar-refractivity contribution is -0.323. The molecule has 118 valence electrons. The van der Waals surface area contributed by atoms with E-state index in [4.69, 9.17) is 0 Å². The van der Waals surface area contributed by atoms with E-state index in [2.05, 4.69) is 4.74 Å². The van der Waals surface area contributed by atoms with Crippen LogP contribution in [0.25, 0.3) is 0 Å². The second-order valence-electron chi connectivity index (χ2n) is 4.71. The van der Waals surface area contributed by atoms with Crippen molar-refractivity contribution >= 4 is 5.97 Å². The highest BCUT2D eigenvalue weighted by atomic mass is 19.4. The number of alkyl halides is 6. The van der Waals surface area contributed by atoms with Crippen LogP contribution in [0.4, 0.5) is 26.3 Å². The number of halogens is 6. The third-order valence-corrected chi connectivity index (χ3v) is 3.30. The molecule has 0 radical (unpaired) electrons. The molecule has 0 unspecified atom stereocenters. The van der Waals surface area contributed by atoms with Crippen molar-refractivity contribution in [1.82, 2.24) is 0 Å². The third kappa shape index (κ3) is 2.98. The summed E-state index contributed by atoms with van der Waals surface area (Å²) in [5.41, 5.74) is -3.73. The van der Waals surface area contributed by atoms with Crippen molar-refractivity contribution in [3.8, 4) is 5.75 Å². The van der Waals surface area contributed by atoms with Gasteiger partial charge in [-0.15, -0.1) is 0 Å². The van der Waals surface area contributed by atoms with Crippen LogP contribution in [0.5, 0.6) is 5.75 Å². The zero-order valence-electron chi connectivity index (χ0n) is 11.3. The van der Waals surface area contributed by atoms with Gasteiger partial charge in [0.15, 0.2) is 0 Å². The Morgan fingerprint density at radius 2 is 1.48 bits per heavy atom. The highest BCUT2D eigenvalue weighted by Crippen LogP contribution is 2.50. The lowest BCUT2D eigenvalue weighted by Gasteiger charge is -2.31. The second-order valence-corrected chi connectivity index (χ2v) is 4.71. The maximum absolute atomic E-state index is 12.7. The van der Waals surface area contributed by atoms with Gasteiger partial charge in [0, 0.05) is 0 Å². The summed E-state index contributed by atoms with van der Waals surface area (Å²) in [6.45, 7) is 2.77. The number of carbonyl (C=O) groups excluding carboxylic acids is 1. The lowest BCUT2D eigenvalue weighted by atomic mass is 9.89. The molecule has 0 fully saturated rings. The molecule has 21 heavy (non-hydrogen) atoms. The maximum atomic E-state index is 12.7. The van der Waals surface area contributed by atoms with Gasteiger partial charge in [0.1, 0.15) is 5.75 Å². The normalized spacial score (nSPS) is 13.2. The summed E-state index contributed by atoms with van der Waals surface area (Å²) >= 11 is 0. The zero-order valence-corrected chi connectivity index (χ0v) is 11.3. The molecule has 0 aromatic heterocycles. The van der Waals surface area contributed by atoms with E-state index < -0.39 is 23.7 Å². The highest BCUT2D eigenvalue weighted by molar-refractivity contribution is 5.81. The van der Waals surface area contributed by atoms with Crippen LogP contribution in [0.3, 0.4) is 0 Å². The third-order valence-electron chi connectivity index (χ3n) is 3.30. The van der Waals surface area contributed by atoms with Crippen molar-refractivity contribution in [2.45, 2.75) is 33.1 Å². The first-order valence-electron chi connectivity index (χ1n) is 5.74. The van der Waals surface area contributed by atoms with E-state index in [9.17, 15) is 31.1 Å². The predicted molar refractivity (Wildman–Crippen MR) is 61.8 cm³/mol. The Labute approximate surface area is 116 Å². The second kappa shape index (κ2) is 5.23. The Bertz CT molecular complexity index is 531. The molecule has 8 heteroatoms. The number of ether oxygens (including phenoxy) is 1. The zero-order chi connectivity index (χ0) is 16.6. The first-order valence-corrected chi connectivity index (χ1v) is 5.74. The van der Waals surface area contributed by atoms with Crippen LogP contribution >= 0.6 is 0 Å². The fraction of sp³-hybridized carbons (Fsp3) is 0.462. The number of hydrogen-bond acceptors (Lipinski definition) is 2. The van der Waals surface area contributed by atoms with Gasteiger partial charge in [-0.25, -0.2) is 0 Å². The summed E-state index contributed by atoms with van der Waals surface area (Å²) in [6.07, 6.45) is -11.6. The van der Waals surface area contributed by atoms with Crippen LogP contribution in [-0.2, 0) is 4.79 Å². The van der Waals surface area contributed by atoms with Crippen LogP contribution in [0.15, 0.2) is 18.2 Å². The van der Waals surface area contributed by atoms with Gasteiger partial charge in [0.25, 0.3) is 5.41 Å². The number of rotatable bonds is 2. The van der Waals surface area contributed by atoms with Crippen molar-refractivity contribution in [2.24, 2.45) is 5.41 Å². The van der Waals surface area contributed by atoms with Gasteiger partial charge in [0.2, 0.25) is 0 Å². The Hall–Kier alpha value is -1.73. The number of carbonyl (C=O) groups is 1. The van der Waals surface area contributed by atoms with Crippen molar-refractivity contribution in [1.29, 1.82) is 0 Å². The predicted octanol–water partition coefficient (Wildman–Crippen LogP) is 4.34. The molecule has 0 aliphatic rings. The maximum Gasteiger partial charge on any atom is 0.413 e. The van der Waals surface area contributed by atoms with Crippen LogP contribution in [-0.4, -0.2) is 18.3 Å². The van der Waals surface area contributed by atoms with Gasteiger partial charge < -0.3 is 4.74 Å². The number of hydrogen-bond donors (Lipinski definition) is 0. The Morgan fingerprint density at radius 3 is 1.90 bits per heavy atom. The van der Waals surface area contributed by atoms with E-state index >= 15 is 0 Å². The van der Waals surface area contributed by atoms with Crippen LogP contribution in [0, 0.1) is 19.3 Å². The fourth-order valence-corrected chi connectivity index (χ4v) is 1.43. The van der Waals surface area contributed by atoms with E-state index in [1.165, 1.54) is 13.0 Å². The van der Waals surface area contributed by atoms with Crippen LogP contribution in [0.1, 0.15) is 18.1 Å². The minimum Gasteiger partial charge on any atom is -0.425 e. The summed E-state index contributed by atoms with van der Waals surface area (Å²) in [6, 6.07) is 4.08. The minimum absolute atomic E-state index is 0.236. The molecule has 0 aliphatic heterocycles. The summed E-state index contributed by atoms with van der Waals surface area (Å²) in [5.74, 6) is -2.74. The Balaban J connectivity index is 3.24. The fourth-order valence-electron chi connectivity index (χ4n) is 1.43. The van der Waals surface area contributed by atoms with Gasteiger partial charge in [-0.1, -0.05) is 12.1 Å². The van der Waals surface area contributed by atoms with Gasteiger partial charge >= 0.3 is 18.3 Å². The van der Waals surface area contributed by atoms with Gasteiger partial charge in [-0.05, 0) is 38.0 Å². The van der Waals surface area contributed by atoms with Crippen molar-refractivity contribution in [3.05, 3.63) is 29.3 Å². The van der Waals surface area contributed by atoms with E-state index in [0.29, 0.717) is 5.56 Å². The molecule has 0 saturated heterocycles. The molecule has 0 N–H and O–H groups in total. The van der Waals surface area contributed by atoms with Gasteiger partial charge in [-0.2, -0.15) is 26.3 Å². The van der Waals surface area contributed by atoms with E-state index in [1.54, 1.807) is 13.0 Å². The smallest absolute Gasteiger partial charge is 0.413 e. The standard InChI is InChI=1S/C13H12F6O2/c1-7-5-4-6-9(8(7)2)21-10(20)11(3,12(14,15)16)13(17,18)19/h4-6H,1-3H3. The molecule has 0 amide bonds. The molecule has 0 saturated carbocycles. The van der Waals surface area contributed by atoms with Crippen molar-refractivity contribution < 1.29 is 35.9 Å². The molecule has 1 aromatic carbocycles. The van der Waals surface area contributed by atoms with E-state index in [-0.39, 0.29) is 18.2 Å². The topological polar surface area (TPSA) is 26.3 Å². The number of aryl methyl sites for hydroxylation is 1. The Morgan fingerprint density at radius 1 is 1.00 bits per heavy atom. The lowest BCUT2D eigenvalue weighted by Crippen LogP contribution is -2.55. The van der Waals surface area contributed by atoms with Gasteiger partial charge in [0.05, 0.1) is 0 Å². The molecular formula is C13H12F6O2. The number of benzene rings is 1. The SMILES string of the molecule is Cc1cccc(OC(=O)C(C)(C(F)(F)F)C(F)(F)F)c1C. The molecule has 0 aliphatic carbocycles. The minimum atomic E-state index is -5.82. The first-order chi connectivity index (χ1) is 9.32. The molecule has 1 rings (SSSR count). The summed E-state index contributed by atoms with van der Waals surface area (Å²) in [7, 11) is 0. The van der Waals surface area contributed by atoms with E-state index in [0.717, 1.165) is 6.07 Å². The van der Waals surface area contributed by atoms with Gasteiger partial charge in [-0.3, -0.25) is 4.79 Å². The molecular weight excluding hydrogens is 302 g/mol. The van der Waals surface area contributed by atoms with Crippen LogP contribution < -0.4 is 4.74 Å². The molecule has 0 bridgehead atoms. The monoisotopic (exact) mass is 314 g/mol. The summed E-state index contributed by atoms with van der Waals surface area (Å²) in [5, 5.41) is 0. The quantitative estimate of drug-likeness (QED) is 0.461. The first kappa shape index (κ1) is 17.3. The molecule has 0 atom stereocenters. The largest absolute Gasteiger partial charge is 0.425 e. The summed E-state index contributed by atoms with van der Waals surface area (Å²) in [4.78, 5) is 11.5. The summed E-state index contributed by atoms with van der Waals surface area (Å²) < 4.78 is 80.6. The molecule has 0 spiro atoms. The number of esters is 1. The highest BCUT2D eigenvalue weighted by Gasteiger charge is 2.73. The van der Waals surface area contributed by atoms with E-state index in [1.807, 2.05) is 0 Å². The van der Waals surface area contributed by atoms with Crippen molar-refractivity contribution in [3.63, 3.8) is 0 Å². The molecule has 2 nitrogen and oxygen atoms in total. The molecule has 0 heterocycles.